The third-order valence-electron chi connectivity index (χ3n) is 21.5. The maximum Gasteiger partial charge on any atom is 0.234 e. The molecule has 0 aliphatic heterocycles. The molecular weight excluding hydrogens is 1140 g/mol. The molecular formula is C78H96N4O2Si4. The fourth-order valence-electron chi connectivity index (χ4n) is 17.2. The van der Waals surface area contributed by atoms with Gasteiger partial charge in [0.25, 0.3) is 0 Å². The second kappa shape index (κ2) is 24.7. The quantitative estimate of drug-likeness (QED) is 0.0688. The van der Waals surface area contributed by atoms with Crippen molar-refractivity contribution in [3.8, 4) is 45.9 Å². The van der Waals surface area contributed by atoms with Crippen molar-refractivity contribution >= 4 is 109 Å². The zero-order chi connectivity index (χ0) is 64.6. The van der Waals surface area contributed by atoms with Crippen LogP contribution in [0.4, 0.5) is 0 Å². The molecule has 9 rings (SSSR count). The van der Waals surface area contributed by atoms with Gasteiger partial charge in [0.1, 0.15) is 77.1 Å². The van der Waals surface area contributed by atoms with Crippen LogP contribution in [0.15, 0.2) is 72.8 Å². The van der Waals surface area contributed by atoms with E-state index in [9.17, 15) is 0 Å². The van der Waals surface area contributed by atoms with Gasteiger partial charge in [-0.05, 0) is 112 Å². The summed E-state index contributed by atoms with van der Waals surface area (Å²) in [6.07, 6.45) is 0. The predicted molar refractivity (Wildman–Crippen MR) is 388 cm³/mol. The Hall–Kier alpha value is -6.51. The van der Waals surface area contributed by atoms with Gasteiger partial charge in [0.2, 0.25) is 11.6 Å². The normalized spacial score (nSPS) is 13.5. The van der Waals surface area contributed by atoms with Gasteiger partial charge < -0.3 is 0 Å². The SMILES string of the molecule is CC(C)[Si](C#Cc1c2cc3ccccc3cc2c(C#C[Si](C(C)C)(C(C)C)C(C)C)c2nc3c(nc12)C(=O)c1nc2c(C#C[Si](C(C)C)(C(C)C)C(C)C)c4cc5ccccc5cc4c(C#C[Si](C(C)C)(C(C)C)C(C)C)c2nc1C3=O)(C(C)C)C(C)C. The second-order valence-corrected chi connectivity index (χ2v) is 51.8. The lowest BCUT2D eigenvalue weighted by Gasteiger charge is -2.38. The fraction of sp³-hybridized carbons (Fsp3) is 0.462. The lowest BCUT2D eigenvalue weighted by molar-refractivity contribution is 0.0965. The molecule has 88 heavy (non-hydrogen) atoms. The molecule has 8 aromatic rings. The largest absolute Gasteiger partial charge is 0.285 e. The maximum absolute atomic E-state index is 16.1. The highest BCUT2D eigenvalue weighted by atomic mass is 28.3. The van der Waals surface area contributed by atoms with E-state index in [1.54, 1.807) is 0 Å². The summed E-state index contributed by atoms with van der Waals surface area (Å²) in [5, 5.41) is 7.86. The molecule has 0 amide bonds. The number of rotatable bonds is 12. The van der Waals surface area contributed by atoms with Crippen LogP contribution in [-0.2, 0) is 0 Å². The number of carbonyl (C=O) groups excluding carboxylic acids is 2. The molecule has 0 atom stereocenters. The molecule has 1 aliphatic carbocycles. The number of aromatic nitrogens is 4. The van der Waals surface area contributed by atoms with Crippen molar-refractivity contribution in [3.05, 3.63) is 118 Å². The minimum atomic E-state index is -2.36. The Bertz CT molecular complexity index is 3770. The van der Waals surface area contributed by atoms with Crippen LogP contribution in [0.25, 0.3) is 65.2 Å². The predicted octanol–water partition coefficient (Wildman–Crippen LogP) is 21.2. The van der Waals surface area contributed by atoms with Gasteiger partial charge in [0, 0.05) is 21.5 Å². The summed E-state index contributed by atoms with van der Waals surface area (Å²) >= 11 is 0. The van der Waals surface area contributed by atoms with E-state index in [0.29, 0.717) is 111 Å². The van der Waals surface area contributed by atoms with Crippen molar-refractivity contribution in [2.45, 2.75) is 233 Å². The fourth-order valence-corrected chi connectivity index (χ4v) is 38.0. The highest BCUT2D eigenvalue weighted by Crippen LogP contribution is 2.47. The van der Waals surface area contributed by atoms with E-state index >= 15 is 9.59 Å². The van der Waals surface area contributed by atoms with Crippen molar-refractivity contribution in [1.29, 1.82) is 0 Å². The van der Waals surface area contributed by atoms with Crippen LogP contribution in [0.2, 0.25) is 66.5 Å². The Kier molecular flexibility index (Phi) is 18.5. The zero-order valence-corrected chi connectivity index (χ0v) is 61.5. The molecule has 0 N–H and O–H groups in total. The first-order valence-electron chi connectivity index (χ1n) is 33.0. The van der Waals surface area contributed by atoms with Crippen LogP contribution in [-0.4, -0.2) is 63.8 Å². The Morgan fingerprint density at radius 3 is 0.580 bits per heavy atom. The van der Waals surface area contributed by atoms with Crippen molar-refractivity contribution in [2.24, 2.45) is 0 Å². The van der Waals surface area contributed by atoms with Gasteiger partial charge in [-0.2, -0.15) is 0 Å². The van der Waals surface area contributed by atoms with E-state index in [1.165, 1.54) is 0 Å². The molecule has 0 spiro atoms. The van der Waals surface area contributed by atoms with Crippen molar-refractivity contribution in [3.63, 3.8) is 0 Å². The zero-order valence-electron chi connectivity index (χ0n) is 57.5. The number of hydrogen-bond donors (Lipinski definition) is 0. The molecule has 0 unspecified atom stereocenters. The lowest BCUT2D eigenvalue weighted by Crippen LogP contribution is -2.43. The van der Waals surface area contributed by atoms with E-state index in [4.69, 9.17) is 19.9 Å². The summed E-state index contributed by atoms with van der Waals surface area (Å²) in [6, 6.07) is 25.7. The van der Waals surface area contributed by atoms with E-state index in [1.807, 2.05) is 0 Å². The van der Waals surface area contributed by atoms with Gasteiger partial charge in [-0.25, -0.2) is 19.9 Å². The summed E-state index contributed by atoms with van der Waals surface area (Å²) in [5.74, 6) is 14.5. The molecule has 0 fully saturated rings. The summed E-state index contributed by atoms with van der Waals surface area (Å²) in [6.45, 7) is 55.8. The Morgan fingerprint density at radius 2 is 0.432 bits per heavy atom. The smallest absolute Gasteiger partial charge is 0.234 e. The monoisotopic (exact) mass is 1230 g/mol. The molecule has 0 saturated carbocycles. The Labute approximate surface area is 531 Å². The number of nitrogens with zero attached hydrogens (tertiary/aromatic N) is 4. The van der Waals surface area contributed by atoms with Gasteiger partial charge in [0.15, 0.2) is 0 Å². The molecule has 0 radical (unpaired) electrons. The third kappa shape index (κ3) is 10.5. The topological polar surface area (TPSA) is 85.7 Å². The van der Waals surface area contributed by atoms with Crippen molar-refractivity contribution in [2.75, 3.05) is 0 Å². The Balaban J connectivity index is 1.49. The molecule has 6 aromatic carbocycles. The van der Waals surface area contributed by atoms with E-state index in [-0.39, 0.29) is 22.8 Å². The highest BCUT2D eigenvalue weighted by molar-refractivity contribution is 6.92. The van der Waals surface area contributed by atoms with Crippen LogP contribution in [0.1, 0.15) is 221 Å². The average Bonchev–Trinajstić information content (AvgIpc) is 0.725. The number of hydrogen-bond acceptors (Lipinski definition) is 6. The summed E-state index contributed by atoms with van der Waals surface area (Å²) in [4.78, 5) is 54.1. The second-order valence-electron chi connectivity index (χ2n) is 29.5. The number of ketones is 2. The van der Waals surface area contributed by atoms with E-state index in [2.05, 4.69) is 285 Å². The molecule has 0 saturated heterocycles. The van der Waals surface area contributed by atoms with Crippen LogP contribution >= 0.6 is 0 Å². The van der Waals surface area contributed by atoms with Gasteiger partial charge in [-0.1, -0.05) is 238 Å². The standard InChI is InChI=1S/C78H96N4O2Si4/c1-45(2)85(46(3)4,47(5)6)37-33-61-65-41-57-29-25-26-30-58(57)42-66(65)62(34-38-86(48(7)8,49(9)10)50(11)12)70-69(61)79-73-74(80-70)78(84)76-75(77(73)83)81-71-63(35-39-87(51(13)14,52(15)16)53(17)18)67-43-59-31-27-28-32-60(59)44-68(67)64(72(71)82-76)36-40-88(54(19)20,55(21)22)56(23)24/h25-32,41-56H,1-24H3. The van der Waals surface area contributed by atoms with Crippen LogP contribution in [0.5, 0.6) is 0 Å². The average molecular weight is 1230 g/mol. The number of benzene rings is 6. The molecule has 1 aliphatic rings. The third-order valence-corrected chi connectivity index (χ3v) is 46.7. The summed E-state index contributed by atoms with van der Waals surface area (Å²) in [5.41, 5.74) is 24.9. The first kappa shape index (κ1) is 65.9. The van der Waals surface area contributed by atoms with Gasteiger partial charge in [-0.3, -0.25) is 9.59 Å². The van der Waals surface area contributed by atoms with Crippen molar-refractivity contribution < 1.29 is 9.59 Å². The molecule has 6 nitrogen and oxygen atoms in total. The Morgan fingerprint density at radius 1 is 0.273 bits per heavy atom. The minimum Gasteiger partial charge on any atom is -0.285 e. The van der Waals surface area contributed by atoms with Gasteiger partial charge >= 0.3 is 0 Å². The van der Waals surface area contributed by atoms with Gasteiger partial charge in [0.05, 0.1) is 22.3 Å². The van der Waals surface area contributed by atoms with Crippen LogP contribution in [0, 0.1) is 45.9 Å². The molecule has 2 aromatic heterocycles. The van der Waals surface area contributed by atoms with E-state index < -0.39 is 43.9 Å². The highest BCUT2D eigenvalue weighted by Gasteiger charge is 2.46. The molecule has 10 heteroatoms. The van der Waals surface area contributed by atoms with Crippen LogP contribution in [0.3, 0.4) is 0 Å². The number of fused-ring (bicyclic) bond motifs is 8. The molecule has 456 valence electrons. The maximum atomic E-state index is 16.1. The summed E-state index contributed by atoms with van der Waals surface area (Å²) < 4.78 is 0. The number of carbonyl (C=O) groups is 2. The van der Waals surface area contributed by atoms with Crippen molar-refractivity contribution in [1.82, 2.24) is 19.9 Å². The molecule has 0 bridgehead atoms. The van der Waals surface area contributed by atoms with E-state index in [0.717, 1.165) is 43.1 Å². The minimum absolute atomic E-state index is 0.0528. The first-order valence-corrected chi connectivity index (χ1v) is 41.9. The lowest BCUT2D eigenvalue weighted by atomic mass is 9.91. The van der Waals surface area contributed by atoms with Crippen LogP contribution < -0.4 is 0 Å². The molecule has 2 heterocycles. The van der Waals surface area contributed by atoms with Gasteiger partial charge in [-0.15, -0.1) is 22.2 Å². The summed E-state index contributed by atoms with van der Waals surface area (Å²) in [7, 11) is -9.44. The first-order chi connectivity index (χ1) is 41.4.